The predicted molar refractivity (Wildman–Crippen MR) is 200 cm³/mol. The van der Waals surface area contributed by atoms with Crippen molar-refractivity contribution in [3.63, 3.8) is 0 Å². The molecule has 0 unspecified atom stereocenters. The molecule has 2 amide bonds. The first-order chi connectivity index (χ1) is 24.4. The van der Waals surface area contributed by atoms with Crippen LogP contribution in [0.5, 0.6) is 11.5 Å². The van der Waals surface area contributed by atoms with Crippen LogP contribution in [-0.4, -0.2) is 58.0 Å². The van der Waals surface area contributed by atoms with Crippen LogP contribution in [0.4, 0.5) is 4.79 Å². The van der Waals surface area contributed by atoms with Gasteiger partial charge in [-0.2, -0.15) is 0 Å². The summed E-state index contributed by atoms with van der Waals surface area (Å²) in [6.45, 7) is 16.8. The summed E-state index contributed by atoms with van der Waals surface area (Å²) < 4.78 is 18.4. The molecule has 2 heterocycles. The van der Waals surface area contributed by atoms with Crippen LogP contribution in [0.25, 0.3) is 0 Å². The largest absolute Gasteiger partial charge is 0.488 e. The van der Waals surface area contributed by atoms with Crippen molar-refractivity contribution in [3.05, 3.63) is 130 Å². The van der Waals surface area contributed by atoms with Crippen LogP contribution in [0.1, 0.15) is 91.2 Å². The molecule has 0 saturated carbocycles. The van der Waals surface area contributed by atoms with Gasteiger partial charge in [0.05, 0.1) is 5.56 Å². The van der Waals surface area contributed by atoms with Crippen LogP contribution in [0.2, 0.25) is 0 Å². The summed E-state index contributed by atoms with van der Waals surface area (Å²) in [7, 11) is 0. The van der Waals surface area contributed by atoms with Gasteiger partial charge in [0.25, 0.3) is 5.91 Å². The number of benzene rings is 4. The Bertz CT molecular complexity index is 1820. The van der Waals surface area contributed by atoms with Crippen molar-refractivity contribution in [3.8, 4) is 11.5 Å². The number of amides is 2. The van der Waals surface area contributed by atoms with Crippen molar-refractivity contribution in [2.24, 2.45) is 0 Å². The normalized spacial score (nSPS) is 16.3. The highest BCUT2D eigenvalue weighted by Gasteiger charge is 2.32. The van der Waals surface area contributed by atoms with Gasteiger partial charge >= 0.3 is 6.09 Å². The molecule has 2 aliphatic rings. The first kappa shape index (κ1) is 36.0. The number of carbonyl (C=O) groups is 2. The number of hydrogen-bond acceptors (Lipinski definition) is 6. The number of fused-ring (bicyclic) bond motifs is 1. The molecule has 1 fully saturated rings. The van der Waals surface area contributed by atoms with E-state index in [9.17, 15) is 9.59 Å². The maximum atomic E-state index is 14.4. The minimum absolute atomic E-state index is 0.0558. The highest BCUT2D eigenvalue weighted by atomic mass is 16.6. The lowest BCUT2D eigenvalue weighted by molar-refractivity contribution is 0.000543. The lowest BCUT2D eigenvalue weighted by atomic mass is 9.98. The number of piperazine rings is 1. The lowest BCUT2D eigenvalue weighted by Gasteiger charge is -2.40. The Balaban J connectivity index is 1.17. The molecule has 4 aromatic carbocycles. The fourth-order valence-electron chi connectivity index (χ4n) is 6.80. The van der Waals surface area contributed by atoms with Crippen LogP contribution in [0.3, 0.4) is 0 Å². The first-order valence-electron chi connectivity index (χ1n) is 18.1. The quantitative estimate of drug-likeness (QED) is 0.166. The van der Waals surface area contributed by atoms with Gasteiger partial charge in [-0.05, 0) is 73.1 Å². The van der Waals surface area contributed by atoms with E-state index in [4.69, 9.17) is 14.2 Å². The third kappa shape index (κ3) is 9.11. The molecule has 8 heteroatoms. The van der Waals surface area contributed by atoms with Gasteiger partial charge in [-0.15, -0.1) is 0 Å². The van der Waals surface area contributed by atoms with Gasteiger partial charge in [0.2, 0.25) is 0 Å². The molecule has 0 aliphatic carbocycles. The third-order valence-electron chi connectivity index (χ3n) is 9.46. The molecule has 6 rings (SSSR count). The van der Waals surface area contributed by atoms with Gasteiger partial charge in [0, 0.05) is 51.4 Å². The summed E-state index contributed by atoms with van der Waals surface area (Å²) in [5.41, 5.74) is 6.64. The van der Waals surface area contributed by atoms with Crippen molar-refractivity contribution in [1.29, 1.82) is 0 Å². The standard InChI is InChI=1S/C43H51N3O5/c1-30(2)37-22-38(40(50-29-33-15-11-8-12-16-33)23-39(37)49-28-32-13-9-7-10-14-32)41(47)45-26-35-18-17-34(21-36(35)27-45)25-44-19-20-46(31(3)24-44)42(48)51-43(4,5)6/h7-18,21-23,30-31H,19-20,24-29H2,1-6H3/t31-/m0/s1. The third-order valence-corrected chi connectivity index (χ3v) is 9.46. The zero-order valence-electron chi connectivity index (χ0n) is 30.9. The Kier molecular flexibility index (Phi) is 11.0. The molecule has 0 bridgehead atoms. The molecule has 2 aliphatic heterocycles. The summed E-state index contributed by atoms with van der Waals surface area (Å²) in [6.07, 6.45) is -0.250. The summed E-state index contributed by atoms with van der Waals surface area (Å²) in [5, 5.41) is 0. The Morgan fingerprint density at radius 1 is 0.765 bits per heavy atom. The number of ether oxygens (including phenoxy) is 3. The second kappa shape index (κ2) is 15.6. The molecule has 0 spiro atoms. The predicted octanol–water partition coefficient (Wildman–Crippen LogP) is 8.57. The van der Waals surface area contributed by atoms with E-state index < -0.39 is 5.60 Å². The van der Waals surface area contributed by atoms with Gasteiger partial charge in [-0.3, -0.25) is 9.69 Å². The van der Waals surface area contributed by atoms with Crippen molar-refractivity contribution < 1.29 is 23.8 Å². The minimum Gasteiger partial charge on any atom is -0.488 e. The van der Waals surface area contributed by atoms with Crippen LogP contribution < -0.4 is 9.47 Å². The van der Waals surface area contributed by atoms with Crippen LogP contribution in [0.15, 0.2) is 91.0 Å². The topological polar surface area (TPSA) is 71.6 Å². The maximum Gasteiger partial charge on any atom is 0.410 e. The minimum atomic E-state index is -0.512. The van der Waals surface area contributed by atoms with Crippen molar-refractivity contribution >= 4 is 12.0 Å². The monoisotopic (exact) mass is 689 g/mol. The molecular weight excluding hydrogens is 638 g/mol. The average Bonchev–Trinajstić information content (AvgIpc) is 3.53. The SMILES string of the molecule is CC(C)c1cc(C(=O)N2Cc3ccc(CN4CCN(C(=O)OC(C)(C)C)[C@@H](C)C4)cc3C2)c(OCc2ccccc2)cc1OCc1ccccc1. The Labute approximate surface area is 302 Å². The molecule has 1 saturated heterocycles. The van der Waals surface area contributed by atoms with E-state index in [1.54, 1.807) is 0 Å². The van der Waals surface area contributed by atoms with E-state index in [-0.39, 0.29) is 24.0 Å². The van der Waals surface area contributed by atoms with E-state index in [1.807, 2.05) is 103 Å². The fourth-order valence-corrected chi connectivity index (χ4v) is 6.80. The summed E-state index contributed by atoms with van der Waals surface area (Å²) in [4.78, 5) is 33.2. The number of carbonyl (C=O) groups excluding carboxylic acids is 2. The summed E-state index contributed by atoms with van der Waals surface area (Å²) >= 11 is 0. The van der Waals surface area contributed by atoms with Crippen molar-refractivity contribution in [2.45, 2.75) is 92.0 Å². The van der Waals surface area contributed by atoms with E-state index in [0.29, 0.717) is 44.2 Å². The number of rotatable bonds is 10. The Morgan fingerprint density at radius 3 is 2.00 bits per heavy atom. The zero-order valence-corrected chi connectivity index (χ0v) is 30.9. The number of nitrogens with zero attached hydrogens (tertiary/aromatic N) is 3. The van der Waals surface area contributed by atoms with Crippen LogP contribution in [-0.2, 0) is 37.6 Å². The average molecular weight is 690 g/mol. The second-order valence-electron chi connectivity index (χ2n) is 15.1. The highest BCUT2D eigenvalue weighted by Crippen LogP contribution is 2.37. The zero-order chi connectivity index (χ0) is 36.1. The van der Waals surface area contributed by atoms with Crippen molar-refractivity contribution in [1.82, 2.24) is 14.7 Å². The molecule has 0 aromatic heterocycles. The molecule has 8 nitrogen and oxygen atoms in total. The van der Waals surface area contributed by atoms with Crippen LogP contribution >= 0.6 is 0 Å². The van der Waals surface area contributed by atoms with Gasteiger partial charge in [0.1, 0.15) is 30.3 Å². The molecule has 0 N–H and O–H groups in total. The summed E-state index contributed by atoms with van der Waals surface area (Å²) in [6, 6.07) is 30.6. The van der Waals surface area contributed by atoms with Gasteiger partial charge in [-0.25, -0.2) is 4.79 Å². The first-order valence-corrected chi connectivity index (χ1v) is 18.1. The second-order valence-corrected chi connectivity index (χ2v) is 15.1. The highest BCUT2D eigenvalue weighted by molar-refractivity contribution is 5.98. The van der Waals surface area contributed by atoms with Gasteiger partial charge < -0.3 is 24.0 Å². The molecule has 4 aromatic rings. The van der Waals surface area contributed by atoms with E-state index >= 15 is 0 Å². The molecule has 1 atom stereocenters. The number of hydrogen-bond donors (Lipinski definition) is 0. The lowest BCUT2D eigenvalue weighted by Crippen LogP contribution is -2.54. The van der Waals surface area contributed by atoms with E-state index in [2.05, 4.69) is 43.9 Å². The molecule has 0 radical (unpaired) electrons. The van der Waals surface area contributed by atoms with E-state index in [1.165, 1.54) is 11.1 Å². The fraction of sp³-hybridized carbons (Fsp3) is 0.395. The smallest absolute Gasteiger partial charge is 0.410 e. The van der Waals surface area contributed by atoms with Crippen LogP contribution in [0, 0.1) is 0 Å². The Hall–Kier alpha value is -4.82. The van der Waals surface area contributed by atoms with Crippen molar-refractivity contribution in [2.75, 3.05) is 19.6 Å². The Morgan fingerprint density at radius 2 is 1.39 bits per heavy atom. The molecule has 268 valence electrons. The maximum absolute atomic E-state index is 14.4. The molecular formula is C43H51N3O5. The van der Waals surface area contributed by atoms with Gasteiger partial charge in [-0.1, -0.05) is 92.7 Å². The van der Waals surface area contributed by atoms with Gasteiger partial charge in [0.15, 0.2) is 0 Å². The molecule has 51 heavy (non-hydrogen) atoms. The summed E-state index contributed by atoms with van der Waals surface area (Å²) in [5.74, 6) is 1.33. The van der Waals surface area contributed by atoms with E-state index in [0.717, 1.165) is 47.6 Å².